The minimum Gasteiger partial charge on any atom is -0.388 e. The number of nitrogens with two attached hydrogens (primary N) is 1. The number of amides is 5. The lowest BCUT2D eigenvalue weighted by molar-refractivity contribution is -0.112. The quantitative estimate of drug-likeness (QED) is 0.0538. The third-order valence-electron chi connectivity index (χ3n) is 7.64. The van der Waals surface area contributed by atoms with Gasteiger partial charge in [0.2, 0.25) is 0 Å². The molecule has 0 radical (unpaired) electrons. The maximum Gasteiger partial charge on any atom is 0.273 e. The van der Waals surface area contributed by atoms with Crippen LogP contribution in [-0.2, 0) is 25.9 Å². The van der Waals surface area contributed by atoms with E-state index in [2.05, 4.69) is 54.1 Å². The molecule has 0 fully saturated rings. The van der Waals surface area contributed by atoms with Gasteiger partial charge < -0.3 is 51.0 Å². The number of anilines is 4. The van der Waals surface area contributed by atoms with E-state index in [0.717, 1.165) is 0 Å². The van der Waals surface area contributed by atoms with Crippen LogP contribution in [0.1, 0.15) is 48.4 Å². The zero-order valence-electron chi connectivity index (χ0n) is 27.2. The van der Waals surface area contributed by atoms with Crippen molar-refractivity contribution in [2.45, 2.75) is 6.42 Å². The Kier molecular flexibility index (Phi) is 10.1. The number of aromatic amines is 1. The zero-order valence-corrected chi connectivity index (χ0v) is 28.8. The van der Waals surface area contributed by atoms with E-state index in [0.29, 0.717) is 39.5 Å². The number of amidine groups is 1. The molecule has 5 rings (SSSR count). The monoisotopic (exact) mass is 743 g/mol. The summed E-state index contributed by atoms with van der Waals surface area (Å²) in [7, 11) is 4.94. The summed E-state index contributed by atoms with van der Waals surface area (Å²) in [6, 6.07) is 13.0. The molecule has 5 aromatic rings. The third kappa shape index (κ3) is 7.84. The maximum absolute atomic E-state index is 13.2. The van der Waals surface area contributed by atoms with Crippen LogP contribution in [0.5, 0.6) is 0 Å². The van der Waals surface area contributed by atoms with Crippen molar-refractivity contribution in [1.29, 1.82) is 5.41 Å². The molecule has 0 saturated heterocycles. The van der Waals surface area contributed by atoms with Gasteiger partial charge in [-0.25, -0.2) is 0 Å². The molecule has 1 aromatic carbocycles. The number of benzene rings is 1. The average molecular weight is 745 g/mol. The molecule has 4 heterocycles. The van der Waals surface area contributed by atoms with Crippen molar-refractivity contribution in [2.75, 3.05) is 27.8 Å². The van der Waals surface area contributed by atoms with Crippen molar-refractivity contribution in [3.05, 3.63) is 94.8 Å². The summed E-state index contributed by atoms with van der Waals surface area (Å²) in [5.41, 5.74) is 8.37. The number of aryl methyl sites for hydroxylation is 2. The number of carbonyl (C=O) groups is 5. The van der Waals surface area contributed by atoms with Crippen LogP contribution in [-0.4, -0.2) is 60.6 Å². The summed E-state index contributed by atoms with van der Waals surface area (Å²) < 4.78 is 4.82. The Morgan fingerprint density at radius 2 is 1.40 bits per heavy atom. The minimum atomic E-state index is -0.472. The highest BCUT2D eigenvalue weighted by atomic mass is 79.9. The van der Waals surface area contributed by atoms with Gasteiger partial charge in [0.1, 0.15) is 28.6 Å². The summed E-state index contributed by atoms with van der Waals surface area (Å²) >= 11 is 3.04. The maximum atomic E-state index is 13.2. The number of hydrogen-bond acceptors (Lipinski definition) is 6. The predicted octanol–water partition coefficient (Wildman–Crippen LogP) is 3.84. The van der Waals surface area contributed by atoms with Gasteiger partial charge in [-0.2, -0.15) is 0 Å². The first-order chi connectivity index (χ1) is 23.7. The number of nitrogens with one attached hydrogen (secondary N) is 7. The molecule has 50 heavy (non-hydrogen) atoms. The molecule has 0 atom stereocenters. The first-order valence-electron chi connectivity index (χ1n) is 15.0. The number of rotatable bonds is 12. The van der Waals surface area contributed by atoms with E-state index in [4.69, 9.17) is 11.1 Å². The lowest BCUT2D eigenvalue weighted by atomic mass is 10.2. The summed E-state index contributed by atoms with van der Waals surface area (Å²) in [5, 5.41) is 21.7. The zero-order chi connectivity index (χ0) is 36.3. The van der Waals surface area contributed by atoms with Gasteiger partial charge in [-0.3, -0.25) is 29.4 Å². The minimum absolute atomic E-state index is 0.0359. The van der Waals surface area contributed by atoms with Crippen molar-refractivity contribution in [3.63, 3.8) is 0 Å². The van der Waals surface area contributed by atoms with Crippen molar-refractivity contribution in [1.82, 2.24) is 24.0 Å². The van der Waals surface area contributed by atoms with Crippen molar-refractivity contribution in [3.8, 4) is 0 Å². The number of nitrogens with zero attached hydrogens (tertiary/aromatic N) is 3. The highest BCUT2D eigenvalue weighted by Crippen LogP contribution is 2.23. The van der Waals surface area contributed by atoms with Crippen LogP contribution in [0, 0.1) is 5.41 Å². The molecule has 17 heteroatoms. The molecule has 0 unspecified atom stereocenters. The van der Waals surface area contributed by atoms with E-state index in [1.807, 2.05) is 0 Å². The molecular weight excluding hydrogens is 710 g/mol. The number of halogens is 1. The van der Waals surface area contributed by atoms with Gasteiger partial charge in [-0.1, -0.05) is 6.58 Å². The second-order valence-corrected chi connectivity index (χ2v) is 12.3. The van der Waals surface area contributed by atoms with Crippen LogP contribution in [0.4, 0.5) is 22.9 Å². The molecule has 0 bridgehead atoms. The molecule has 0 saturated carbocycles. The van der Waals surface area contributed by atoms with Gasteiger partial charge in [-0.05, 0) is 64.5 Å². The molecular formula is C33H34BrN11O5. The van der Waals surface area contributed by atoms with E-state index in [1.54, 1.807) is 79.1 Å². The van der Waals surface area contributed by atoms with Crippen molar-refractivity contribution < 1.29 is 24.0 Å². The molecule has 0 spiro atoms. The fourth-order valence-electron chi connectivity index (χ4n) is 5.09. The third-order valence-corrected chi connectivity index (χ3v) is 8.00. The van der Waals surface area contributed by atoms with Gasteiger partial charge in [0.25, 0.3) is 29.5 Å². The van der Waals surface area contributed by atoms with Crippen LogP contribution in [0.15, 0.2) is 72.0 Å². The number of hydrogen-bond donors (Lipinski definition) is 8. The van der Waals surface area contributed by atoms with E-state index >= 15 is 0 Å². The summed E-state index contributed by atoms with van der Waals surface area (Å²) in [5.74, 6) is -1.80. The Balaban J connectivity index is 1.21. The molecule has 0 aliphatic rings. The van der Waals surface area contributed by atoms with Crippen LogP contribution in [0.2, 0.25) is 0 Å². The van der Waals surface area contributed by atoms with Gasteiger partial charge in [0.15, 0.2) is 0 Å². The number of H-pyrrole nitrogens is 1. The second kappa shape index (κ2) is 14.4. The Bertz CT molecular complexity index is 2200. The number of fused-ring (bicyclic) bond motifs is 1. The molecule has 258 valence electrons. The van der Waals surface area contributed by atoms with Crippen LogP contribution in [0.3, 0.4) is 0 Å². The highest BCUT2D eigenvalue weighted by molar-refractivity contribution is 9.12. The molecule has 4 aromatic heterocycles. The lowest BCUT2D eigenvalue weighted by Crippen LogP contribution is -2.29. The molecule has 0 aliphatic carbocycles. The van der Waals surface area contributed by atoms with E-state index in [9.17, 15) is 24.0 Å². The summed E-state index contributed by atoms with van der Waals surface area (Å²) in [6.07, 6.45) is 3.40. The van der Waals surface area contributed by atoms with E-state index in [-0.39, 0.29) is 52.2 Å². The van der Waals surface area contributed by atoms with Gasteiger partial charge in [0.05, 0.1) is 21.7 Å². The Hall–Kier alpha value is -6.36. The summed E-state index contributed by atoms with van der Waals surface area (Å²) in [6.45, 7) is 3.76. The Morgan fingerprint density at radius 3 is 2.02 bits per heavy atom. The lowest BCUT2D eigenvalue weighted by Gasteiger charge is -2.10. The molecule has 0 aliphatic heterocycles. The van der Waals surface area contributed by atoms with E-state index in [1.165, 1.54) is 16.7 Å². The van der Waals surface area contributed by atoms with Gasteiger partial charge >= 0.3 is 0 Å². The largest absolute Gasteiger partial charge is 0.388 e. The topological polar surface area (TPSA) is 226 Å². The Morgan fingerprint density at radius 1 is 0.780 bits per heavy atom. The van der Waals surface area contributed by atoms with Crippen LogP contribution >= 0.6 is 15.9 Å². The van der Waals surface area contributed by atoms with Crippen molar-refractivity contribution >= 4 is 85.1 Å². The first-order valence-corrected chi connectivity index (χ1v) is 15.8. The SMILES string of the molecule is C=C(Br)C(=O)Nc1ccc2[nH]c(C(=O)Nc3cc(C(=O)Nc4cc(C(=O)Nc5ccc(C(=O)NCCC(=N)N)n5C)n(C)c4)n(C)c3)cc2c1. The van der Waals surface area contributed by atoms with Crippen LogP contribution in [0.25, 0.3) is 10.9 Å². The molecule has 16 nitrogen and oxygen atoms in total. The normalized spacial score (nSPS) is 10.8. The molecule has 9 N–H and O–H groups in total. The number of aromatic nitrogens is 4. The fraction of sp³-hybridized carbons (Fsp3) is 0.152. The predicted molar refractivity (Wildman–Crippen MR) is 194 cm³/mol. The van der Waals surface area contributed by atoms with Gasteiger partial charge in [-0.15, -0.1) is 0 Å². The molecule has 5 amide bonds. The van der Waals surface area contributed by atoms with Crippen molar-refractivity contribution in [2.24, 2.45) is 26.9 Å². The van der Waals surface area contributed by atoms with E-state index < -0.39 is 17.7 Å². The van der Waals surface area contributed by atoms with Crippen LogP contribution < -0.4 is 32.3 Å². The first kappa shape index (κ1) is 35.0. The van der Waals surface area contributed by atoms with Gasteiger partial charge in [0, 0.05) is 63.1 Å². The standard InChI is InChI=1S/C33H34BrN11O5/c1-17(34)29(46)38-19-5-6-22-18(11-19)12-23(41-22)30(47)39-20-13-25(43(2)15-20)32(49)40-21-14-26(44(3)16-21)33(50)42-28-8-7-24(45(28)4)31(48)37-10-9-27(35)36/h5-8,11-16,41H,1,9-10H2,2-4H3,(H3,35,36)(H,37,48)(H,38,46)(H,39,47)(H,40,49)(H,42,50). The Labute approximate surface area is 293 Å². The fourth-order valence-corrected chi connectivity index (χ4v) is 5.19. The highest BCUT2D eigenvalue weighted by Gasteiger charge is 2.20. The summed E-state index contributed by atoms with van der Waals surface area (Å²) in [4.78, 5) is 66.9. The second-order valence-electron chi connectivity index (χ2n) is 11.4. The average Bonchev–Trinajstić information content (AvgIpc) is 3.82. The number of carbonyl (C=O) groups excluding carboxylic acids is 5. The smallest absolute Gasteiger partial charge is 0.273 e.